The van der Waals surface area contributed by atoms with Gasteiger partial charge in [0.15, 0.2) is 0 Å². The van der Waals surface area contributed by atoms with Gasteiger partial charge in [0.05, 0.1) is 0 Å². The number of primary amides is 1. The van der Waals surface area contributed by atoms with Gasteiger partial charge >= 0.3 is 0 Å². The summed E-state index contributed by atoms with van der Waals surface area (Å²) in [7, 11) is 0. The zero-order valence-corrected chi connectivity index (χ0v) is 12.6. The summed E-state index contributed by atoms with van der Waals surface area (Å²) >= 11 is 0. The van der Waals surface area contributed by atoms with Crippen LogP contribution in [0.2, 0.25) is 0 Å². The smallest absolute Gasteiger partial charge is 0.243 e. The fourth-order valence-electron chi connectivity index (χ4n) is 5.53. The zero-order valence-electron chi connectivity index (χ0n) is 12.6. The molecule has 3 nitrogen and oxygen atoms in total. The van der Waals surface area contributed by atoms with Crippen LogP contribution >= 0.6 is 0 Å². The molecule has 4 bridgehead atoms. The van der Waals surface area contributed by atoms with Gasteiger partial charge in [0, 0.05) is 5.69 Å². The number of hydrogen-bond donors (Lipinski definition) is 2. The molecule has 0 unspecified atom stereocenters. The monoisotopic (exact) mass is 284 g/mol. The Labute approximate surface area is 126 Å². The first kappa shape index (κ1) is 13.2. The summed E-state index contributed by atoms with van der Waals surface area (Å²) in [6, 6.07) is 8.23. The molecule has 4 fully saturated rings. The van der Waals surface area contributed by atoms with Crippen LogP contribution in [0.25, 0.3) is 0 Å². The Kier molecular flexibility index (Phi) is 2.82. The number of nitrogens with two attached hydrogens (primary N) is 1. The molecule has 4 aliphatic carbocycles. The molecule has 3 heteroatoms. The molecule has 0 aliphatic heterocycles. The first-order valence-electron chi connectivity index (χ1n) is 8.23. The molecule has 4 saturated carbocycles. The van der Waals surface area contributed by atoms with Gasteiger partial charge in [0.2, 0.25) is 5.91 Å². The van der Waals surface area contributed by atoms with Crippen LogP contribution in [-0.4, -0.2) is 11.4 Å². The molecule has 3 N–H and O–H groups in total. The molecular weight excluding hydrogens is 260 g/mol. The average molecular weight is 284 g/mol. The van der Waals surface area contributed by atoms with E-state index in [1.165, 1.54) is 37.7 Å². The molecule has 5 rings (SSSR count). The van der Waals surface area contributed by atoms with Crippen LogP contribution < -0.4 is 11.1 Å². The second kappa shape index (κ2) is 4.49. The van der Waals surface area contributed by atoms with Crippen molar-refractivity contribution in [3.8, 4) is 0 Å². The average Bonchev–Trinajstić information content (AvgIpc) is 2.44. The molecule has 1 amide bonds. The molecule has 112 valence electrons. The van der Waals surface area contributed by atoms with E-state index in [2.05, 4.69) is 24.4 Å². The van der Waals surface area contributed by atoms with Gasteiger partial charge in [-0.15, -0.1) is 0 Å². The molecule has 1 aromatic rings. The van der Waals surface area contributed by atoms with Crippen LogP contribution in [0.5, 0.6) is 0 Å². The van der Waals surface area contributed by atoms with E-state index in [0.717, 1.165) is 17.5 Å². The molecule has 4 aliphatic rings. The van der Waals surface area contributed by atoms with Crippen molar-refractivity contribution in [3.05, 3.63) is 29.8 Å². The Morgan fingerprint density at radius 2 is 1.67 bits per heavy atom. The normalized spacial score (nSPS) is 40.2. The fraction of sp³-hybridized carbons (Fsp3) is 0.611. The summed E-state index contributed by atoms with van der Waals surface area (Å²) in [4.78, 5) is 12.5. The van der Waals surface area contributed by atoms with Crippen molar-refractivity contribution in [2.45, 2.75) is 44.6 Å². The number of amides is 1. The summed E-state index contributed by atoms with van der Waals surface area (Å²) in [5.74, 6) is 2.37. The van der Waals surface area contributed by atoms with E-state index in [9.17, 15) is 4.79 Å². The molecule has 0 radical (unpaired) electrons. The van der Waals surface area contributed by atoms with Gasteiger partial charge < -0.3 is 11.1 Å². The van der Waals surface area contributed by atoms with Gasteiger partial charge in [-0.25, -0.2) is 0 Å². The minimum absolute atomic E-state index is 0.139. The zero-order chi connectivity index (χ0) is 14.6. The minimum atomic E-state index is -0.514. The number of anilines is 1. The van der Waals surface area contributed by atoms with Crippen LogP contribution in [0.15, 0.2) is 24.3 Å². The summed E-state index contributed by atoms with van der Waals surface area (Å²) in [5, 5.41) is 3.63. The minimum Gasteiger partial charge on any atom is -0.371 e. The van der Waals surface area contributed by atoms with Crippen molar-refractivity contribution >= 4 is 11.6 Å². The van der Waals surface area contributed by atoms with Crippen molar-refractivity contribution in [2.24, 2.45) is 29.4 Å². The van der Waals surface area contributed by atoms with Crippen LogP contribution in [0.3, 0.4) is 0 Å². The van der Waals surface area contributed by atoms with Crippen LogP contribution in [-0.2, 0) is 4.79 Å². The van der Waals surface area contributed by atoms with E-state index in [-0.39, 0.29) is 5.91 Å². The Bertz CT molecular complexity index is 552. The first-order valence-corrected chi connectivity index (χ1v) is 8.23. The first-order chi connectivity index (χ1) is 10.1. The molecule has 0 spiro atoms. The van der Waals surface area contributed by atoms with Gasteiger partial charge in [-0.2, -0.15) is 0 Å². The SMILES string of the molecule is Cc1ccccc1NC1(C(N)=O)C2CC3CC(C2)CC1C3. The fourth-order valence-corrected chi connectivity index (χ4v) is 5.53. The van der Waals surface area contributed by atoms with Gasteiger partial charge in [0.25, 0.3) is 0 Å². The van der Waals surface area contributed by atoms with Crippen LogP contribution in [0, 0.1) is 30.6 Å². The van der Waals surface area contributed by atoms with Gasteiger partial charge in [-0.05, 0) is 74.3 Å². The topological polar surface area (TPSA) is 55.1 Å². The molecule has 1 aromatic carbocycles. The van der Waals surface area contributed by atoms with Gasteiger partial charge in [0.1, 0.15) is 5.54 Å². The number of carbonyl (C=O) groups excluding carboxylic acids is 1. The number of carbonyl (C=O) groups is 1. The standard InChI is InChI=1S/C18H24N2O/c1-11-4-2-3-5-16(11)20-18(17(19)21)14-7-12-6-13(9-14)10-15(18)8-12/h2-5,12-15,20H,6-10H2,1H3,(H2,19,21). The highest BCUT2D eigenvalue weighted by molar-refractivity contribution is 5.89. The van der Waals surface area contributed by atoms with Gasteiger partial charge in [-0.3, -0.25) is 4.79 Å². The number of nitrogens with one attached hydrogen (secondary N) is 1. The third-order valence-corrected chi connectivity index (χ3v) is 6.32. The lowest BCUT2D eigenvalue weighted by Crippen LogP contribution is -2.67. The number of para-hydroxylation sites is 1. The summed E-state index contributed by atoms with van der Waals surface area (Å²) in [6.07, 6.45) is 6.08. The molecule has 21 heavy (non-hydrogen) atoms. The lowest BCUT2D eigenvalue weighted by atomic mass is 9.48. The second-order valence-corrected chi connectivity index (χ2v) is 7.48. The van der Waals surface area contributed by atoms with Crippen LogP contribution in [0.1, 0.15) is 37.7 Å². The summed E-state index contributed by atoms with van der Waals surface area (Å²) in [6.45, 7) is 2.09. The number of hydrogen-bond acceptors (Lipinski definition) is 2. The highest BCUT2D eigenvalue weighted by Gasteiger charge is 2.60. The highest BCUT2D eigenvalue weighted by Crippen LogP contribution is 2.59. The van der Waals surface area contributed by atoms with Crippen molar-refractivity contribution in [2.75, 3.05) is 5.32 Å². The Hall–Kier alpha value is -1.51. The lowest BCUT2D eigenvalue weighted by molar-refractivity contribution is -0.136. The Morgan fingerprint density at radius 1 is 1.10 bits per heavy atom. The maximum atomic E-state index is 12.5. The number of aryl methyl sites for hydroxylation is 1. The van der Waals surface area contributed by atoms with Crippen LogP contribution in [0.4, 0.5) is 5.69 Å². The lowest BCUT2D eigenvalue weighted by Gasteiger charge is -2.60. The third kappa shape index (κ3) is 1.82. The van der Waals surface area contributed by atoms with Crippen molar-refractivity contribution < 1.29 is 4.79 Å². The maximum absolute atomic E-state index is 12.5. The highest BCUT2D eigenvalue weighted by atomic mass is 16.1. The maximum Gasteiger partial charge on any atom is 0.243 e. The molecule has 0 saturated heterocycles. The summed E-state index contributed by atoms with van der Waals surface area (Å²) in [5.41, 5.74) is 7.69. The summed E-state index contributed by atoms with van der Waals surface area (Å²) < 4.78 is 0. The molecule has 0 aromatic heterocycles. The van der Waals surface area contributed by atoms with E-state index in [1.807, 2.05) is 12.1 Å². The third-order valence-electron chi connectivity index (χ3n) is 6.32. The molecular formula is C18H24N2O. The van der Waals surface area contributed by atoms with Crippen molar-refractivity contribution in [1.29, 1.82) is 0 Å². The van der Waals surface area contributed by atoms with Gasteiger partial charge in [-0.1, -0.05) is 18.2 Å². The predicted octanol–water partition coefficient (Wildman–Crippen LogP) is 3.09. The largest absolute Gasteiger partial charge is 0.371 e. The predicted molar refractivity (Wildman–Crippen MR) is 83.8 cm³/mol. The molecule has 0 heterocycles. The molecule has 0 atom stereocenters. The van der Waals surface area contributed by atoms with E-state index < -0.39 is 5.54 Å². The van der Waals surface area contributed by atoms with E-state index in [4.69, 9.17) is 5.73 Å². The van der Waals surface area contributed by atoms with E-state index >= 15 is 0 Å². The second-order valence-electron chi connectivity index (χ2n) is 7.48. The van der Waals surface area contributed by atoms with E-state index in [0.29, 0.717) is 11.8 Å². The van der Waals surface area contributed by atoms with E-state index in [1.54, 1.807) is 0 Å². The number of benzene rings is 1. The number of rotatable bonds is 3. The van der Waals surface area contributed by atoms with Crippen molar-refractivity contribution in [1.82, 2.24) is 0 Å². The quantitative estimate of drug-likeness (QED) is 0.896. The Balaban J connectivity index is 1.74. The Morgan fingerprint density at radius 3 is 2.19 bits per heavy atom. The van der Waals surface area contributed by atoms with Crippen molar-refractivity contribution in [3.63, 3.8) is 0 Å².